The van der Waals surface area contributed by atoms with E-state index in [0.717, 1.165) is 56.0 Å². The first-order chi connectivity index (χ1) is 22.8. The molecule has 5 aliphatic rings. The van der Waals surface area contributed by atoms with E-state index in [9.17, 15) is 19.8 Å². The van der Waals surface area contributed by atoms with Gasteiger partial charge >= 0.3 is 0 Å². The van der Waals surface area contributed by atoms with Crippen LogP contribution in [-0.4, -0.2) is 54.8 Å². The number of allylic oxidation sites excluding steroid dienone is 1. The van der Waals surface area contributed by atoms with E-state index in [1.807, 2.05) is 0 Å². The first-order valence-electron chi connectivity index (χ1n) is 19.5. The average Bonchev–Trinajstić information content (AvgIpc) is 3.44. The third-order valence-corrected chi connectivity index (χ3v) is 16.2. The van der Waals surface area contributed by atoms with Crippen molar-refractivity contribution in [2.75, 3.05) is 27.2 Å². The fourth-order valence-electron chi connectivity index (χ4n) is 13.0. The number of nitrogens with one attached hydrogen (secondary N) is 1. The number of carboxylic acids is 1. The van der Waals surface area contributed by atoms with E-state index in [1.54, 1.807) is 0 Å². The van der Waals surface area contributed by atoms with Crippen LogP contribution in [-0.2, 0) is 16.1 Å². The Bertz CT molecular complexity index is 1390. The van der Waals surface area contributed by atoms with Crippen LogP contribution < -0.4 is 10.4 Å². The van der Waals surface area contributed by atoms with Gasteiger partial charge in [0.15, 0.2) is 0 Å². The van der Waals surface area contributed by atoms with Crippen LogP contribution in [0, 0.1) is 56.7 Å². The molecule has 6 rings (SSSR count). The number of amides is 1. The maximum Gasteiger partial charge on any atom is 0.226 e. The van der Waals surface area contributed by atoms with E-state index in [2.05, 4.69) is 105 Å². The lowest BCUT2D eigenvalue weighted by molar-refractivity contribution is -0.901. The third kappa shape index (κ3) is 6.34. The Hall–Kier alpha value is -2.18. The molecule has 0 spiro atoms. The number of carboxylic acid groups (broad SMARTS) is 1. The highest BCUT2D eigenvalue weighted by molar-refractivity contribution is 5.86. The summed E-state index contributed by atoms with van der Waals surface area (Å²) in [5, 5.41) is 24.9. The molecular formula is C43H68N2O4. The Kier molecular flexibility index (Phi) is 10.4. The smallest absolute Gasteiger partial charge is 0.226 e. The van der Waals surface area contributed by atoms with Gasteiger partial charge in [0.2, 0.25) is 5.91 Å². The number of quaternary nitrogens is 1. The lowest BCUT2D eigenvalue weighted by Crippen LogP contribution is -2.67. The quantitative estimate of drug-likeness (QED) is 0.237. The van der Waals surface area contributed by atoms with Crippen molar-refractivity contribution in [3.05, 3.63) is 48.0 Å². The van der Waals surface area contributed by atoms with Crippen LogP contribution >= 0.6 is 0 Å². The highest BCUT2D eigenvalue weighted by Gasteiger charge is 2.71. The standard InChI is InChI=1S/C32H51NO4.C11H18N/c1-19(2)20-10-15-32(27(37)33-18-25(35)36)17-16-30(6)21(26(20)32)8-9-23-29(5)13-12-24(34)28(3,4)22(29)11-14-31(23,30)7;1-4-12(2,3)10-11-8-6-5-7-9-11/h20-24,26,34H,1,8-18H2,2-7H3,(H,33,37)(H,35,36);5-9H,4,10H2,1-3H3/q;+1/p-1/t20-,21+,22-,23+,24-,26+,29-,30+,31+,32-;/m0./s1. The van der Waals surface area contributed by atoms with Crippen molar-refractivity contribution in [2.45, 2.75) is 125 Å². The van der Waals surface area contributed by atoms with E-state index in [4.69, 9.17) is 0 Å². The van der Waals surface area contributed by atoms with E-state index in [-0.39, 0.29) is 39.6 Å². The highest BCUT2D eigenvalue weighted by atomic mass is 16.4. The predicted octanol–water partition coefficient (Wildman–Crippen LogP) is 7.15. The van der Waals surface area contributed by atoms with Crippen LogP contribution in [0.4, 0.5) is 0 Å². The van der Waals surface area contributed by atoms with E-state index in [1.165, 1.54) is 36.9 Å². The Morgan fingerprint density at radius 2 is 1.57 bits per heavy atom. The van der Waals surface area contributed by atoms with E-state index < -0.39 is 17.9 Å². The molecule has 0 radical (unpaired) electrons. The number of aliphatic hydroxyl groups excluding tert-OH is 1. The van der Waals surface area contributed by atoms with Crippen molar-refractivity contribution in [3.63, 3.8) is 0 Å². The zero-order valence-electron chi connectivity index (χ0n) is 32.4. The molecule has 6 heteroatoms. The molecule has 5 saturated carbocycles. The van der Waals surface area contributed by atoms with Gasteiger partial charge in [0.05, 0.1) is 44.7 Å². The van der Waals surface area contributed by atoms with Crippen molar-refractivity contribution in [1.82, 2.24) is 5.32 Å². The normalized spacial score (nSPS) is 40.7. The largest absolute Gasteiger partial charge is 0.548 e. The van der Waals surface area contributed by atoms with Crippen LogP contribution in [0.1, 0.15) is 118 Å². The van der Waals surface area contributed by atoms with Gasteiger partial charge in [0.1, 0.15) is 6.54 Å². The number of rotatable bonds is 7. The van der Waals surface area contributed by atoms with Gasteiger partial charge < -0.3 is 24.8 Å². The Morgan fingerprint density at radius 1 is 0.898 bits per heavy atom. The van der Waals surface area contributed by atoms with Gasteiger partial charge in [-0.15, -0.1) is 0 Å². The van der Waals surface area contributed by atoms with Gasteiger partial charge in [0, 0.05) is 5.56 Å². The number of carbonyl (C=O) groups is 2. The van der Waals surface area contributed by atoms with Crippen molar-refractivity contribution in [1.29, 1.82) is 0 Å². The van der Waals surface area contributed by atoms with Crippen LogP contribution in [0.3, 0.4) is 0 Å². The lowest BCUT2D eigenvalue weighted by Gasteiger charge is -2.72. The number of aliphatic carboxylic acids is 1. The summed E-state index contributed by atoms with van der Waals surface area (Å²) in [7, 11) is 4.51. The topological polar surface area (TPSA) is 89.5 Å². The molecule has 10 atom stereocenters. The minimum Gasteiger partial charge on any atom is -0.548 e. The van der Waals surface area contributed by atoms with E-state index in [0.29, 0.717) is 23.7 Å². The van der Waals surface area contributed by atoms with Gasteiger partial charge in [-0.1, -0.05) is 77.1 Å². The zero-order chi connectivity index (χ0) is 36.2. The fraction of sp³-hybridized carbons (Fsp3) is 0.767. The van der Waals surface area contributed by atoms with Gasteiger partial charge in [0.25, 0.3) is 0 Å². The predicted molar refractivity (Wildman–Crippen MR) is 196 cm³/mol. The lowest BCUT2D eigenvalue weighted by atomic mass is 9.32. The summed E-state index contributed by atoms with van der Waals surface area (Å²) >= 11 is 0. The molecule has 0 saturated heterocycles. The monoisotopic (exact) mass is 677 g/mol. The summed E-state index contributed by atoms with van der Waals surface area (Å²) in [4.78, 5) is 24.9. The maximum atomic E-state index is 13.7. The number of aliphatic hydroxyl groups is 1. The molecule has 2 N–H and O–H groups in total. The zero-order valence-corrected chi connectivity index (χ0v) is 32.4. The summed E-state index contributed by atoms with van der Waals surface area (Å²) in [5.74, 6) is 0.828. The second-order valence-electron chi connectivity index (χ2n) is 19.2. The molecule has 5 fully saturated rings. The number of hydrogen-bond donors (Lipinski definition) is 2. The minimum atomic E-state index is -1.23. The summed E-state index contributed by atoms with van der Waals surface area (Å²) in [6.45, 7) is 22.9. The second-order valence-corrected chi connectivity index (χ2v) is 19.2. The van der Waals surface area contributed by atoms with Crippen LogP contribution in [0.15, 0.2) is 42.5 Å². The highest BCUT2D eigenvalue weighted by Crippen LogP contribution is 2.77. The van der Waals surface area contributed by atoms with Crippen molar-refractivity contribution >= 4 is 11.9 Å². The Labute approximate surface area is 298 Å². The fourth-order valence-corrected chi connectivity index (χ4v) is 13.0. The van der Waals surface area contributed by atoms with E-state index >= 15 is 0 Å². The molecule has 1 aromatic rings. The van der Waals surface area contributed by atoms with Crippen molar-refractivity contribution in [2.24, 2.45) is 56.7 Å². The van der Waals surface area contributed by atoms with Crippen LogP contribution in [0.2, 0.25) is 0 Å². The number of hydrogen-bond acceptors (Lipinski definition) is 4. The SMILES string of the molecule is C=C(C)[C@@H]1CC[C@]2(C(=O)NCC(=O)[O-])CC[C@]3(C)[C@H](CC[C@@H]4[C@@]5(C)CC[C@H](O)C(C)(C)[C@@H]5CC[C@]43C)[C@@H]12.CC[N+](C)(C)Cc1ccccc1. The van der Waals surface area contributed by atoms with Crippen molar-refractivity contribution < 1.29 is 24.3 Å². The third-order valence-electron chi connectivity index (χ3n) is 16.2. The Morgan fingerprint density at radius 3 is 2.18 bits per heavy atom. The average molecular weight is 677 g/mol. The van der Waals surface area contributed by atoms with Crippen molar-refractivity contribution in [3.8, 4) is 0 Å². The van der Waals surface area contributed by atoms with Gasteiger partial charge in [-0.25, -0.2) is 0 Å². The molecule has 6 nitrogen and oxygen atoms in total. The number of carbonyl (C=O) groups excluding carboxylic acids is 2. The van der Waals surface area contributed by atoms with Crippen LogP contribution in [0.5, 0.6) is 0 Å². The molecule has 0 aromatic heterocycles. The molecule has 1 amide bonds. The molecule has 0 heterocycles. The van der Waals surface area contributed by atoms with Gasteiger partial charge in [-0.3, -0.25) is 4.79 Å². The summed E-state index contributed by atoms with van der Waals surface area (Å²) < 4.78 is 1.06. The summed E-state index contributed by atoms with van der Waals surface area (Å²) in [5.41, 5.74) is 2.60. The molecule has 0 aliphatic heterocycles. The summed E-state index contributed by atoms with van der Waals surface area (Å²) in [6.07, 6.45) is 10.1. The molecular weight excluding hydrogens is 608 g/mol. The number of fused-ring (bicyclic) bond motifs is 7. The molecule has 0 bridgehead atoms. The first kappa shape index (κ1) is 38.1. The minimum absolute atomic E-state index is 0.0542. The molecule has 0 unspecified atom stereocenters. The number of benzene rings is 1. The molecule has 1 aromatic carbocycles. The second kappa shape index (κ2) is 13.4. The molecule has 49 heavy (non-hydrogen) atoms. The molecule has 5 aliphatic carbocycles. The Balaban J connectivity index is 0.000000330. The maximum absolute atomic E-state index is 13.7. The van der Waals surface area contributed by atoms with Gasteiger partial charge in [-0.2, -0.15) is 0 Å². The van der Waals surface area contributed by atoms with Gasteiger partial charge in [-0.05, 0) is 129 Å². The number of nitrogens with zero attached hydrogens (tertiary/aromatic N) is 1. The summed E-state index contributed by atoms with van der Waals surface area (Å²) in [6, 6.07) is 10.6. The first-order valence-corrected chi connectivity index (χ1v) is 19.5. The molecule has 274 valence electrons. The van der Waals surface area contributed by atoms with Crippen LogP contribution in [0.25, 0.3) is 0 Å².